The molecular formula is C69H42N2. The summed E-state index contributed by atoms with van der Waals surface area (Å²) in [5.41, 5.74) is 22.1. The fourth-order valence-corrected chi connectivity index (χ4v) is 13.1. The van der Waals surface area contributed by atoms with Gasteiger partial charge in [0.25, 0.3) is 0 Å². The lowest BCUT2D eigenvalue weighted by atomic mass is 9.70. The summed E-state index contributed by atoms with van der Waals surface area (Å²) >= 11 is 0. The van der Waals surface area contributed by atoms with Gasteiger partial charge >= 0.3 is 0 Å². The third-order valence-corrected chi connectivity index (χ3v) is 16.1. The van der Waals surface area contributed by atoms with Crippen LogP contribution in [0.4, 0.5) is 0 Å². The maximum Gasteiger partial charge on any atom is 0.0726 e. The van der Waals surface area contributed by atoms with Gasteiger partial charge in [-0.15, -0.1) is 0 Å². The lowest BCUT2D eigenvalue weighted by Crippen LogP contribution is -2.25. The largest absolute Gasteiger partial charge is 0.309 e. The van der Waals surface area contributed by atoms with Crippen LogP contribution in [-0.2, 0) is 5.41 Å². The summed E-state index contributed by atoms with van der Waals surface area (Å²) in [6.07, 6.45) is 0. The maximum absolute atomic E-state index is 2.50. The van der Waals surface area contributed by atoms with Crippen molar-refractivity contribution in [1.82, 2.24) is 9.13 Å². The lowest BCUT2D eigenvalue weighted by Gasteiger charge is -2.30. The second kappa shape index (κ2) is 14.4. The zero-order valence-corrected chi connectivity index (χ0v) is 38.6. The molecular weight excluding hydrogens is 857 g/mol. The van der Waals surface area contributed by atoms with Crippen LogP contribution in [0.2, 0.25) is 0 Å². The van der Waals surface area contributed by atoms with E-state index in [0.29, 0.717) is 0 Å². The van der Waals surface area contributed by atoms with E-state index in [-0.39, 0.29) is 0 Å². The van der Waals surface area contributed by atoms with E-state index >= 15 is 0 Å². The van der Waals surface area contributed by atoms with E-state index in [0.717, 1.165) is 11.4 Å². The third kappa shape index (κ3) is 5.21. The van der Waals surface area contributed by atoms with Gasteiger partial charge in [0.05, 0.1) is 27.5 Å². The predicted octanol–water partition coefficient (Wildman–Crippen LogP) is 17.9. The van der Waals surface area contributed by atoms with Crippen LogP contribution >= 0.6 is 0 Å². The highest BCUT2D eigenvalue weighted by Crippen LogP contribution is 2.66. The van der Waals surface area contributed by atoms with E-state index < -0.39 is 5.41 Å². The summed E-state index contributed by atoms with van der Waals surface area (Å²) in [5, 5.41) is 10.1. The van der Waals surface area contributed by atoms with Crippen molar-refractivity contribution in [2.75, 3.05) is 0 Å². The van der Waals surface area contributed by atoms with Gasteiger partial charge in [0, 0.05) is 32.9 Å². The smallest absolute Gasteiger partial charge is 0.0726 e. The summed E-state index contributed by atoms with van der Waals surface area (Å²) in [6, 6.07) is 95.4. The molecule has 0 bridgehead atoms. The Hall–Kier alpha value is -9.24. The first-order chi connectivity index (χ1) is 35.2. The molecule has 0 saturated carbocycles. The highest BCUT2D eigenvalue weighted by Gasteiger charge is 2.53. The number of nitrogens with zero attached hydrogens (tertiary/aromatic N) is 2. The van der Waals surface area contributed by atoms with Crippen molar-refractivity contribution in [2.45, 2.75) is 5.41 Å². The molecule has 0 amide bonds. The molecule has 2 aliphatic carbocycles. The van der Waals surface area contributed by atoms with Crippen LogP contribution in [0.5, 0.6) is 0 Å². The molecule has 71 heavy (non-hydrogen) atoms. The number of fused-ring (bicyclic) bond motifs is 20. The van der Waals surface area contributed by atoms with Gasteiger partial charge in [-0.2, -0.15) is 0 Å². The molecule has 2 heterocycles. The van der Waals surface area contributed by atoms with Gasteiger partial charge in [-0.1, -0.05) is 194 Å². The van der Waals surface area contributed by atoms with Gasteiger partial charge in [-0.05, 0) is 149 Å². The van der Waals surface area contributed by atoms with Crippen molar-refractivity contribution in [1.29, 1.82) is 0 Å². The van der Waals surface area contributed by atoms with Crippen LogP contribution < -0.4 is 0 Å². The molecule has 1 spiro atoms. The molecule has 2 nitrogen and oxygen atoms in total. The summed E-state index contributed by atoms with van der Waals surface area (Å²) < 4.78 is 4.99. The monoisotopic (exact) mass is 898 g/mol. The van der Waals surface area contributed by atoms with Crippen molar-refractivity contribution >= 4 is 65.2 Å². The van der Waals surface area contributed by atoms with Crippen LogP contribution in [0.1, 0.15) is 22.3 Å². The van der Waals surface area contributed by atoms with Gasteiger partial charge in [0.2, 0.25) is 0 Å². The van der Waals surface area contributed by atoms with E-state index in [1.54, 1.807) is 0 Å². The number of hydrogen-bond donors (Lipinski definition) is 0. The van der Waals surface area contributed by atoms with Gasteiger partial charge in [0.1, 0.15) is 0 Å². The molecule has 12 aromatic carbocycles. The Labute approximate surface area is 410 Å². The Morgan fingerprint density at radius 2 is 0.634 bits per heavy atom. The maximum atomic E-state index is 2.50. The van der Waals surface area contributed by atoms with Crippen molar-refractivity contribution < 1.29 is 0 Å². The third-order valence-electron chi connectivity index (χ3n) is 16.1. The van der Waals surface area contributed by atoms with Crippen LogP contribution in [0.3, 0.4) is 0 Å². The van der Waals surface area contributed by atoms with Crippen LogP contribution in [-0.4, -0.2) is 9.13 Å². The molecule has 2 heteroatoms. The molecule has 14 aromatic rings. The van der Waals surface area contributed by atoms with Crippen LogP contribution in [0.15, 0.2) is 255 Å². The zero-order valence-electron chi connectivity index (χ0n) is 38.6. The molecule has 0 aliphatic heterocycles. The summed E-state index contributed by atoms with van der Waals surface area (Å²) in [6.45, 7) is 0. The Balaban J connectivity index is 0.970. The Kier molecular flexibility index (Phi) is 7.85. The average Bonchev–Trinajstić information content (AvgIpc) is 4.15. The lowest BCUT2D eigenvalue weighted by molar-refractivity contribution is 0.795. The van der Waals surface area contributed by atoms with E-state index in [1.165, 1.54) is 132 Å². The summed E-state index contributed by atoms with van der Waals surface area (Å²) in [5.74, 6) is 0. The van der Waals surface area contributed by atoms with Gasteiger partial charge in [0.15, 0.2) is 0 Å². The minimum Gasteiger partial charge on any atom is -0.309 e. The topological polar surface area (TPSA) is 9.86 Å². The highest BCUT2D eigenvalue weighted by molar-refractivity contribution is 6.26. The molecule has 0 unspecified atom stereocenters. The number of hydrogen-bond acceptors (Lipinski definition) is 0. The van der Waals surface area contributed by atoms with Crippen molar-refractivity contribution in [3.8, 4) is 55.9 Å². The molecule has 0 N–H and O–H groups in total. The molecule has 0 fully saturated rings. The molecule has 328 valence electrons. The Morgan fingerprint density at radius 3 is 1.10 bits per heavy atom. The number of rotatable bonds is 4. The average molecular weight is 899 g/mol. The first-order valence-corrected chi connectivity index (χ1v) is 24.7. The van der Waals surface area contributed by atoms with E-state index in [1.807, 2.05) is 0 Å². The normalized spacial score (nSPS) is 13.2. The summed E-state index contributed by atoms with van der Waals surface area (Å²) in [4.78, 5) is 0. The summed E-state index contributed by atoms with van der Waals surface area (Å²) in [7, 11) is 0. The number of benzene rings is 12. The predicted molar refractivity (Wildman–Crippen MR) is 297 cm³/mol. The molecule has 2 aliphatic rings. The first kappa shape index (κ1) is 38.7. The number of para-hydroxylation sites is 2. The fourth-order valence-electron chi connectivity index (χ4n) is 13.1. The molecule has 2 aromatic heterocycles. The molecule has 16 rings (SSSR count). The molecule has 0 atom stereocenters. The van der Waals surface area contributed by atoms with Crippen molar-refractivity contribution in [3.05, 3.63) is 277 Å². The molecule has 0 radical (unpaired) electrons. The highest BCUT2D eigenvalue weighted by atomic mass is 15.0. The van der Waals surface area contributed by atoms with Crippen molar-refractivity contribution in [2.24, 2.45) is 0 Å². The first-order valence-electron chi connectivity index (χ1n) is 24.7. The number of aromatic nitrogens is 2. The fraction of sp³-hybridized carbons (Fsp3) is 0.0145. The Morgan fingerprint density at radius 1 is 0.254 bits per heavy atom. The standard InChI is InChI=1S/C69H42N2/c1-3-15-47-41-49(27-25-43(47)13-1)45-29-33-51(34-30-45)70-61-23-11-7-19-55(61)65-63(70)39-37-59-67(65)68-60(69(59)57-21-9-5-17-53(57)54-18-6-10-22-58(54)69)38-40-64-66(68)56-20-8-12-24-62(56)71(64)52-35-31-46(32-36-52)50-28-26-44-14-2-4-16-48(44)42-50/h1-42H. The van der Waals surface area contributed by atoms with Gasteiger partial charge < -0.3 is 9.13 Å². The Bertz CT molecular complexity index is 4270. The second-order valence-electron chi connectivity index (χ2n) is 19.5. The van der Waals surface area contributed by atoms with Gasteiger partial charge in [-0.3, -0.25) is 0 Å². The SMILES string of the molecule is c1ccc2c(c1)-c1ccccc1C21c2ccc3c(c2-c2c1ccc1c2c2ccccc2n1-c1ccc(-c2ccc4ccccc4c2)cc1)c1ccccc1n3-c1ccc(-c2ccc3ccccc3c2)cc1. The molecule has 0 saturated heterocycles. The minimum absolute atomic E-state index is 0.518. The van der Waals surface area contributed by atoms with Crippen LogP contribution in [0.25, 0.3) is 121 Å². The van der Waals surface area contributed by atoms with Crippen molar-refractivity contribution in [3.63, 3.8) is 0 Å². The van der Waals surface area contributed by atoms with E-state index in [2.05, 4.69) is 264 Å². The second-order valence-corrected chi connectivity index (χ2v) is 19.5. The van der Waals surface area contributed by atoms with E-state index in [9.17, 15) is 0 Å². The van der Waals surface area contributed by atoms with E-state index in [4.69, 9.17) is 0 Å². The van der Waals surface area contributed by atoms with Gasteiger partial charge in [-0.25, -0.2) is 0 Å². The van der Waals surface area contributed by atoms with Crippen LogP contribution in [0, 0.1) is 0 Å². The zero-order chi connectivity index (χ0) is 46.4. The minimum atomic E-state index is -0.518. The quantitative estimate of drug-likeness (QED) is 0.167.